The number of halogens is 2. The number of carboxylic acid groups (broad SMARTS) is 1. The minimum absolute atomic E-state index is 0.0698. The van der Waals surface area contributed by atoms with Crippen LogP contribution in [0.4, 0.5) is 8.78 Å². The van der Waals surface area contributed by atoms with E-state index in [0.717, 1.165) is 32.1 Å². The Morgan fingerprint density at radius 2 is 1.42 bits per heavy atom. The highest BCUT2D eigenvalue weighted by Crippen LogP contribution is 2.38. The lowest BCUT2D eigenvalue weighted by atomic mass is 9.77. The van der Waals surface area contributed by atoms with E-state index in [9.17, 15) is 23.2 Å². The maximum absolute atomic E-state index is 13.9. The zero-order valence-electron chi connectivity index (χ0n) is 18.3. The van der Waals surface area contributed by atoms with Gasteiger partial charge >= 0.3 is 23.8 Å². The zero-order chi connectivity index (χ0) is 23.4. The Balaban J connectivity index is 2.12. The van der Waals surface area contributed by atoms with Gasteiger partial charge in [0.2, 0.25) is 0 Å². The van der Waals surface area contributed by atoms with Crippen molar-refractivity contribution in [2.24, 2.45) is 11.8 Å². The van der Waals surface area contributed by atoms with Gasteiger partial charge in [-0.3, -0.25) is 0 Å². The van der Waals surface area contributed by atoms with E-state index in [1.54, 1.807) is 0 Å². The van der Waals surface area contributed by atoms with Gasteiger partial charge in [-0.25, -0.2) is 14.4 Å². The Morgan fingerprint density at radius 3 is 1.84 bits per heavy atom. The van der Waals surface area contributed by atoms with Crippen LogP contribution in [0.3, 0.4) is 0 Å². The lowest BCUT2D eigenvalue weighted by molar-refractivity contribution is -0.187. The topological polar surface area (TPSA) is 89.9 Å². The maximum atomic E-state index is 13.9. The maximum Gasteiger partial charge on any atom is 0.378 e. The molecule has 0 saturated heterocycles. The van der Waals surface area contributed by atoms with Gasteiger partial charge in [0, 0.05) is 0 Å². The van der Waals surface area contributed by atoms with Gasteiger partial charge in [0.25, 0.3) is 0 Å². The predicted octanol–water partition coefficient (Wildman–Crippen LogP) is 5.10. The summed E-state index contributed by atoms with van der Waals surface area (Å²) in [6.07, 6.45) is 2.58. The fraction of sp³-hybridized carbons (Fsp3) is 0.609. The molecule has 1 aromatic rings. The van der Waals surface area contributed by atoms with Gasteiger partial charge in [0.15, 0.2) is 6.10 Å². The molecule has 1 N–H and O–H groups in total. The van der Waals surface area contributed by atoms with Gasteiger partial charge in [-0.1, -0.05) is 34.1 Å². The molecule has 0 radical (unpaired) electrons. The first-order valence-electron chi connectivity index (χ1n) is 10.6. The van der Waals surface area contributed by atoms with Crippen LogP contribution in [0.5, 0.6) is 0 Å². The molecule has 172 valence electrons. The summed E-state index contributed by atoms with van der Waals surface area (Å²) in [5.74, 6) is -8.95. The van der Waals surface area contributed by atoms with Crippen molar-refractivity contribution in [2.75, 3.05) is 0 Å². The van der Waals surface area contributed by atoms with E-state index in [0.29, 0.717) is 0 Å². The third-order valence-electron chi connectivity index (χ3n) is 5.89. The van der Waals surface area contributed by atoms with Gasteiger partial charge in [0.1, 0.15) is 5.60 Å². The normalized spacial score (nSPS) is 17.3. The van der Waals surface area contributed by atoms with E-state index in [-0.39, 0.29) is 17.0 Å². The molecule has 1 aromatic carbocycles. The van der Waals surface area contributed by atoms with Crippen LogP contribution in [-0.4, -0.2) is 40.6 Å². The van der Waals surface area contributed by atoms with Crippen LogP contribution in [-0.2, 0) is 14.3 Å². The van der Waals surface area contributed by atoms with E-state index >= 15 is 0 Å². The van der Waals surface area contributed by atoms with E-state index in [4.69, 9.17) is 14.6 Å². The first-order valence-corrected chi connectivity index (χ1v) is 10.6. The van der Waals surface area contributed by atoms with Gasteiger partial charge in [-0.2, -0.15) is 8.78 Å². The molecule has 0 aromatic heterocycles. The highest BCUT2D eigenvalue weighted by Gasteiger charge is 2.51. The van der Waals surface area contributed by atoms with Crippen molar-refractivity contribution >= 4 is 17.9 Å². The van der Waals surface area contributed by atoms with E-state index < -0.39 is 41.5 Å². The van der Waals surface area contributed by atoms with Crippen LogP contribution in [0.25, 0.3) is 0 Å². The third-order valence-corrected chi connectivity index (χ3v) is 5.89. The largest absolute Gasteiger partial charge is 0.477 e. The van der Waals surface area contributed by atoms with Crippen molar-refractivity contribution in [2.45, 2.75) is 77.4 Å². The molecule has 0 amide bonds. The summed E-state index contributed by atoms with van der Waals surface area (Å²) in [5, 5.41) is 8.74. The highest BCUT2D eigenvalue weighted by atomic mass is 19.3. The molecule has 1 saturated carbocycles. The zero-order valence-corrected chi connectivity index (χ0v) is 18.3. The summed E-state index contributed by atoms with van der Waals surface area (Å²) in [4.78, 5) is 35.8. The lowest BCUT2D eigenvalue weighted by Gasteiger charge is -2.40. The van der Waals surface area contributed by atoms with Crippen LogP contribution < -0.4 is 0 Å². The van der Waals surface area contributed by atoms with E-state index in [1.165, 1.54) is 38.1 Å². The number of carboxylic acids is 1. The second-order valence-corrected chi connectivity index (χ2v) is 8.75. The molecule has 31 heavy (non-hydrogen) atoms. The van der Waals surface area contributed by atoms with Crippen LogP contribution in [0.15, 0.2) is 24.3 Å². The smallest absolute Gasteiger partial charge is 0.378 e. The molecule has 2 rings (SSSR count). The molecular formula is C23H30F2O6. The summed E-state index contributed by atoms with van der Waals surface area (Å²) in [6.45, 7) is 6.72. The molecule has 8 heteroatoms. The minimum atomic E-state index is -4.22. The van der Waals surface area contributed by atoms with Crippen molar-refractivity contribution in [3.8, 4) is 0 Å². The van der Waals surface area contributed by atoms with Crippen molar-refractivity contribution < 1.29 is 37.7 Å². The molecule has 1 aliphatic carbocycles. The quantitative estimate of drug-likeness (QED) is 0.566. The fourth-order valence-corrected chi connectivity index (χ4v) is 3.87. The molecular weight excluding hydrogens is 410 g/mol. The molecule has 0 heterocycles. The van der Waals surface area contributed by atoms with Crippen LogP contribution in [0, 0.1) is 11.8 Å². The molecule has 1 aliphatic rings. The second-order valence-electron chi connectivity index (χ2n) is 8.75. The van der Waals surface area contributed by atoms with Crippen LogP contribution in [0.1, 0.15) is 80.5 Å². The molecule has 0 aliphatic heterocycles. The minimum Gasteiger partial charge on any atom is -0.477 e. The summed E-state index contributed by atoms with van der Waals surface area (Å²) < 4.78 is 38.5. The average Bonchev–Trinajstić information content (AvgIpc) is 2.71. The predicted molar refractivity (Wildman–Crippen MR) is 109 cm³/mol. The summed E-state index contributed by atoms with van der Waals surface area (Å²) in [5.41, 5.74) is -0.349. The Morgan fingerprint density at radius 1 is 0.935 bits per heavy atom. The van der Waals surface area contributed by atoms with Gasteiger partial charge in [-0.15, -0.1) is 0 Å². The standard InChI is InChI=1S/C23H30F2O6/c1-14(2)18(23(24,25)21(28)29)30-19(26)16-8-10-17(11-9-16)20(27)31-22(15(3)4)12-6-5-7-13-22/h8-11,14-15,18H,5-7,12-13H2,1-4H3,(H,28,29). The number of benzene rings is 1. The monoisotopic (exact) mass is 440 g/mol. The van der Waals surface area contributed by atoms with Crippen molar-refractivity contribution in [1.82, 2.24) is 0 Å². The number of ether oxygens (including phenoxy) is 2. The van der Waals surface area contributed by atoms with Crippen molar-refractivity contribution in [3.63, 3.8) is 0 Å². The Hall–Kier alpha value is -2.51. The number of hydrogen-bond acceptors (Lipinski definition) is 5. The lowest BCUT2D eigenvalue weighted by Crippen LogP contribution is -2.47. The molecule has 1 fully saturated rings. The molecule has 0 bridgehead atoms. The number of carbonyl (C=O) groups excluding carboxylic acids is 2. The Bertz CT molecular complexity index is 795. The highest BCUT2D eigenvalue weighted by molar-refractivity contribution is 5.93. The number of rotatable bonds is 8. The van der Waals surface area contributed by atoms with Crippen molar-refractivity contribution in [1.29, 1.82) is 0 Å². The summed E-state index contributed by atoms with van der Waals surface area (Å²) in [7, 11) is 0. The summed E-state index contributed by atoms with van der Waals surface area (Å²) >= 11 is 0. The number of hydrogen-bond donors (Lipinski definition) is 1. The second kappa shape index (κ2) is 9.75. The van der Waals surface area contributed by atoms with Crippen LogP contribution in [0.2, 0.25) is 0 Å². The van der Waals surface area contributed by atoms with E-state index in [1.807, 2.05) is 13.8 Å². The number of alkyl halides is 2. The van der Waals surface area contributed by atoms with Crippen LogP contribution >= 0.6 is 0 Å². The molecule has 6 nitrogen and oxygen atoms in total. The first-order chi connectivity index (χ1) is 14.4. The number of aliphatic carboxylic acids is 1. The Labute approximate surface area is 180 Å². The van der Waals surface area contributed by atoms with Gasteiger partial charge in [0.05, 0.1) is 11.1 Å². The SMILES string of the molecule is CC(C)C(OC(=O)c1ccc(C(=O)OC2(C(C)C)CCCCC2)cc1)C(F)(F)C(=O)O. The summed E-state index contributed by atoms with van der Waals surface area (Å²) in [6, 6.07) is 5.29. The third kappa shape index (κ3) is 5.60. The van der Waals surface area contributed by atoms with Crippen molar-refractivity contribution in [3.05, 3.63) is 35.4 Å². The molecule has 0 spiro atoms. The molecule has 1 unspecified atom stereocenters. The van der Waals surface area contributed by atoms with E-state index in [2.05, 4.69) is 0 Å². The number of esters is 2. The van der Waals surface area contributed by atoms with Gasteiger partial charge < -0.3 is 14.6 Å². The van der Waals surface area contributed by atoms with Gasteiger partial charge in [-0.05, 0) is 61.8 Å². The number of carbonyl (C=O) groups is 3. The molecule has 1 atom stereocenters. The first kappa shape index (κ1) is 24.8. The average molecular weight is 440 g/mol. The fourth-order valence-electron chi connectivity index (χ4n) is 3.87. The Kier molecular flexibility index (Phi) is 7.78.